The number of halogens is 1. The maximum atomic E-state index is 9.93. The lowest BCUT2D eigenvalue weighted by Gasteiger charge is -2.32. The van der Waals surface area contributed by atoms with Crippen molar-refractivity contribution in [3.63, 3.8) is 0 Å². The highest BCUT2D eigenvalue weighted by molar-refractivity contribution is 6.31. The van der Waals surface area contributed by atoms with E-state index in [-0.39, 0.29) is 5.92 Å². The predicted octanol–water partition coefficient (Wildman–Crippen LogP) is 5.75. The molecule has 0 amide bonds. The molecule has 1 aromatic carbocycles. The number of hydrogen-bond acceptors (Lipinski definition) is 5. The molecule has 2 aromatic rings. The molecule has 2 heterocycles. The fourth-order valence-electron chi connectivity index (χ4n) is 5.40. The van der Waals surface area contributed by atoms with Gasteiger partial charge in [-0.3, -0.25) is 0 Å². The van der Waals surface area contributed by atoms with Crippen molar-refractivity contribution in [3.8, 4) is 6.07 Å². The van der Waals surface area contributed by atoms with Gasteiger partial charge in [-0.25, -0.2) is 9.97 Å². The van der Waals surface area contributed by atoms with Crippen molar-refractivity contribution in [2.45, 2.75) is 84.0 Å². The summed E-state index contributed by atoms with van der Waals surface area (Å²) in [6.07, 6.45) is 10.4. The van der Waals surface area contributed by atoms with Crippen LogP contribution in [0.4, 0.5) is 11.5 Å². The molecule has 1 unspecified atom stereocenters. The summed E-state index contributed by atoms with van der Waals surface area (Å²) < 4.78 is 0. The summed E-state index contributed by atoms with van der Waals surface area (Å²) in [5.41, 5.74) is 11.9. The van der Waals surface area contributed by atoms with Gasteiger partial charge in [-0.05, 0) is 61.6 Å². The van der Waals surface area contributed by atoms with E-state index in [1.807, 2.05) is 0 Å². The van der Waals surface area contributed by atoms with Crippen LogP contribution in [0.5, 0.6) is 0 Å². The molecule has 1 fully saturated rings. The van der Waals surface area contributed by atoms with E-state index in [0.29, 0.717) is 16.3 Å². The molecule has 6 heteroatoms. The molecule has 2 aliphatic rings. The van der Waals surface area contributed by atoms with Crippen LogP contribution in [0.25, 0.3) is 0 Å². The van der Waals surface area contributed by atoms with E-state index >= 15 is 0 Å². The highest BCUT2D eigenvalue weighted by Gasteiger charge is 2.31. The van der Waals surface area contributed by atoms with Crippen LogP contribution in [0.2, 0.25) is 5.02 Å². The summed E-state index contributed by atoms with van der Waals surface area (Å²) in [4.78, 5) is 12.5. The van der Waals surface area contributed by atoms with Gasteiger partial charge in [0.2, 0.25) is 0 Å². The second-order valence-electron chi connectivity index (χ2n) is 9.16. The molecule has 0 radical (unpaired) electrons. The average molecular weight is 452 g/mol. The van der Waals surface area contributed by atoms with Gasteiger partial charge in [0.05, 0.1) is 16.9 Å². The van der Waals surface area contributed by atoms with E-state index in [4.69, 9.17) is 27.3 Å². The van der Waals surface area contributed by atoms with Gasteiger partial charge in [0, 0.05) is 30.1 Å². The summed E-state index contributed by atoms with van der Waals surface area (Å²) in [6, 6.07) is 4.13. The maximum absolute atomic E-state index is 9.93. The monoisotopic (exact) mass is 451 g/mol. The van der Waals surface area contributed by atoms with Crippen molar-refractivity contribution in [1.29, 1.82) is 5.26 Å². The van der Waals surface area contributed by atoms with Crippen molar-refractivity contribution < 1.29 is 0 Å². The Bertz CT molecular complexity index is 1020. The third-order valence-electron chi connectivity index (χ3n) is 7.00. The molecule has 170 valence electrons. The number of hydrogen-bond donors (Lipinski definition) is 1. The minimum Gasteiger partial charge on any atom is -0.398 e. The normalized spacial score (nSPS) is 18.7. The van der Waals surface area contributed by atoms with Crippen molar-refractivity contribution in [2.24, 2.45) is 0 Å². The number of nitrogen functional groups attached to an aromatic ring is 1. The number of nitrogens with zero attached hydrogens (tertiary/aromatic N) is 4. The number of aromatic nitrogens is 2. The number of anilines is 2. The molecule has 1 aliphatic heterocycles. The van der Waals surface area contributed by atoms with E-state index in [2.05, 4.69) is 24.8 Å². The predicted molar refractivity (Wildman–Crippen MR) is 131 cm³/mol. The van der Waals surface area contributed by atoms with Crippen LogP contribution in [0.15, 0.2) is 6.07 Å². The highest BCUT2D eigenvalue weighted by Crippen LogP contribution is 2.42. The minimum absolute atomic E-state index is 0.205. The molecule has 0 spiro atoms. The lowest BCUT2D eigenvalue weighted by atomic mass is 9.77. The third kappa shape index (κ3) is 4.43. The van der Waals surface area contributed by atoms with Crippen LogP contribution >= 0.6 is 11.6 Å². The van der Waals surface area contributed by atoms with Crippen LogP contribution in [0, 0.1) is 11.3 Å². The zero-order chi connectivity index (χ0) is 22.7. The van der Waals surface area contributed by atoms with Gasteiger partial charge in [0.1, 0.15) is 17.7 Å². The Labute approximate surface area is 197 Å². The Kier molecular flexibility index (Phi) is 7.20. The van der Waals surface area contributed by atoms with Crippen LogP contribution in [0.1, 0.15) is 92.1 Å². The smallest absolute Gasteiger partial charge is 0.135 e. The molecule has 2 N–H and O–H groups in total. The number of benzene rings is 1. The van der Waals surface area contributed by atoms with Crippen LogP contribution in [-0.2, 0) is 25.7 Å². The molecular formula is C26H34ClN5. The van der Waals surface area contributed by atoms with E-state index in [1.54, 1.807) is 6.07 Å². The molecule has 5 nitrogen and oxygen atoms in total. The van der Waals surface area contributed by atoms with Gasteiger partial charge < -0.3 is 10.6 Å². The van der Waals surface area contributed by atoms with Crippen LogP contribution in [0.3, 0.4) is 0 Å². The quantitative estimate of drug-likeness (QED) is 0.585. The molecule has 4 rings (SSSR count). The molecule has 0 saturated carbocycles. The van der Waals surface area contributed by atoms with Gasteiger partial charge in [0.15, 0.2) is 0 Å². The van der Waals surface area contributed by atoms with Gasteiger partial charge in [0.25, 0.3) is 0 Å². The molecular weight excluding hydrogens is 418 g/mol. The van der Waals surface area contributed by atoms with Crippen molar-refractivity contribution in [1.82, 2.24) is 9.97 Å². The largest absolute Gasteiger partial charge is 0.398 e. The first-order chi connectivity index (χ1) is 15.6. The van der Waals surface area contributed by atoms with Gasteiger partial charge in [-0.15, -0.1) is 0 Å². The Hall–Kier alpha value is -2.32. The summed E-state index contributed by atoms with van der Waals surface area (Å²) in [5, 5.41) is 10.6. The van der Waals surface area contributed by atoms with Gasteiger partial charge >= 0.3 is 0 Å². The zero-order valence-corrected chi connectivity index (χ0v) is 20.1. The zero-order valence-electron chi connectivity index (χ0n) is 19.4. The second-order valence-corrected chi connectivity index (χ2v) is 9.57. The highest BCUT2D eigenvalue weighted by atomic mass is 35.5. The van der Waals surface area contributed by atoms with E-state index in [0.717, 1.165) is 80.1 Å². The SMILES string of the molecule is CCCc1c(Cl)cc(N)c(C#N)c1C1CCc2c(nc(CC)nc2N2CCCCCC2)C1. The first-order valence-electron chi connectivity index (χ1n) is 12.2. The molecule has 32 heavy (non-hydrogen) atoms. The fraction of sp³-hybridized carbons (Fsp3) is 0.577. The van der Waals surface area contributed by atoms with Crippen LogP contribution < -0.4 is 10.6 Å². The molecule has 1 atom stereocenters. The first-order valence-corrected chi connectivity index (χ1v) is 12.6. The second kappa shape index (κ2) is 10.1. The lowest BCUT2D eigenvalue weighted by molar-refractivity contribution is 0.558. The Balaban J connectivity index is 1.76. The number of aryl methyl sites for hydroxylation is 1. The summed E-state index contributed by atoms with van der Waals surface area (Å²) in [7, 11) is 0. The standard InChI is InChI=1S/C26H34ClN5/c1-3-9-18-21(27)15-22(29)20(16-28)25(18)17-10-11-19-23(14-17)30-24(4-2)31-26(19)32-12-7-5-6-8-13-32/h15,17H,3-14,29H2,1-2H3. The molecule has 1 aromatic heterocycles. The van der Waals surface area contributed by atoms with Crippen molar-refractivity contribution in [2.75, 3.05) is 23.7 Å². The number of fused-ring (bicyclic) bond motifs is 1. The number of nitrogens with two attached hydrogens (primary N) is 1. The summed E-state index contributed by atoms with van der Waals surface area (Å²) in [5.74, 6) is 2.28. The Morgan fingerprint density at radius 1 is 1.19 bits per heavy atom. The Morgan fingerprint density at radius 2 is 1.94 bits per heavy atom. The average Bonchev–Trinajstić information content (AvgIpc) is 3.09. The summed E-state index contributed by atoms with van der Waals surface area (Å²) in [6.45, 7) is 6.44. The van der Waals surface area contributed by atoms with E-state index in [9.17, 15) is 5.26 Å². The molecule has 1 saturated heterocycles. The van der Waals surface area contributed by atoms with Crippen molar-refractivity contribution >= 4 is 23.1 Å². The first kappa shape index (κ1) is 22.9. The van der Waals surface area contributed by atoms with E-state index < -0.39 is 0 Å². The number of rotatable bonds is 5. The lowest BCUT2D eigenvalue weighted by Crippen LogP contribution is -2.29. The molecule has 1 aliphatic carbocycles. The van der Waals surface area contributed by atoms with E-state index in [1.165, 1.54) is 31.2 Å². The summed E-state index contributed by atoms with van der Waals surface area (Å²) >= 11 is 6.63. The number of nitriles is 1. The Morgan fingerprint density at radius 3 is 2.59 bits per heavy atom. The van der Waals surface area contributed by atoms with Gasteiger partial charge in [-0.2, -0.15) is 5.26 Å². The fourth-order valence-corrected chi connectivity index (χ4v) is 5.72. The molecule has 0 bridgehead atoms. The van der Waals surface area contributed by atoms with Crippen molar-refractivity contribution in [3.05, 3.63) is 44.9 Å². The van der Waals surface area contributed by atoms with Crippen LogP contribution in [-0.4, -0.2) is 23.1 Å². The topological polar surface area (TPSA) is 78.8 Å². The minimum atomic E-state index is 0.205. The van der Waals surface area contributed by atoms with Gasteiger partial charge in [-0.1, -0.05) is 44.7 Å². The third-order valence-corrected chi connectivity index (χ3v) is 7.33. The maximum Gasteiger partial charge on any atom is 0.135 e.